The molecule has 4 amide bonds. The maximum absolute atomic E-state index is 14.1. The van der Waals surface area contributed by atoms with Gasteiger partial charge in [-0.2, -0.15) is 0 Å². The highest BCUT2D eigenvalue weighted by molar-refractivity contribution is 5.96. The molecule has 26 heteroatoms. The van der Waals surface area contributed by atoms with Crippen molar-refractivity contribution in [2.45, 2.75) is 71.3 Å². The number of Topliss-reactive ketones (excluding diaryl/α,β-unsaturated/α-hetero) is 1. The lowest BCUT2D eigenvalue weighted by atomic mass is 9.85. The number of hydrogen-bond donors (Lipinski definition) is 5. The molecule has 2 atom stereocenters. The number of nitrogens with zero attached hydrogens (tertiary/aromatic N) is 5. The van der Waals surface area contributed by atoms with Crippen molar-refractivity contribution >= 4 is 52.3 Å². The molecule has 0 radical (unpaired) electrons. The number of aromatic hydroxyl groups is 1. The highest BCUT2D eigenvalue weighted by atomic mass is 16.7. The van der Waals surface area contributed by atoms with Gasteiger partial charge in [-0.05, 0) is 78.7 Å². The van der Waals surface area contributed by atoms with Gasteiger partial charge in [0.1, 0.15) is 32.2 Å². The Morgan fingerprint density at radius 2 is 1.54 bits per heavy atom. The maximum atomic E-state index is 14.1. The number of hydrogen-bond acceptors (Lipinski definition) is 19. The first-order valence-electron chi connectivity index (χ1n) is 25.9. The molecule has 79 heavy (non-hydrogen) atoms. The summed E-state index contributed by atoms with van der Waals surface area (Å²) in [6, 6.07) is 12.1. The summed E-state index contributed by atoms with van der Waals surface area (Å²) in [5.74, 6) is -3.02. The van der Waals surface area contributed by atoms with Gasteiger partial charge >= 0.3 is 18.2 Å². The minimum Gasteiger partial charge on any atom is -0.508 e. The van der Waals surface area contributed by atoms with Crippen molar-refractivity contribution in [2.24, 2.45) is 16.8 Å². The van der Waals surface area contributed by atoms with E-state index in [4.69, 9.17) is 58.9 Å². The van der Waals surface area contributed by atoms with E-state index in [0.29, 0.717) is 100 Å². The second-order valence-corrected chi connectivity index (χ2v) is 18.1. The van der Waals surface area contributed by atoms with Crippen molar-refractivity contribution in [1.29, 1.82) is 0 Å². The summed E-state index contributed by atoms with van der Waals surface area (Å²) in [6.07, 6.45) is -0.394. The van der Waals surface area contributed by atoms with E-state index in [-0.39, 0.29) is 82.1 Å². The molecular weight excluding hydrogens is 1030 g/mol. The van der Waals surface area contributed by atoms with Crippen LogP contribution in [-0.2, 0) is 93.6 Å². The number of pyridine rings is 2. The van der Waals surface area contributed by atoms with Crippen molar-refractivity contribution in [3.8, 4) is 17.1 Å². The van der Waals surface area contributed by atoms with Crippen LogP contribution in [0.3, 0.4) is 0 Å². The van der Waals surface area contributed by atoms with Gasteiger partial charge in [0.2, 0.25) is 17.4 Å². The zero-order valence-corrected chi connectivity index (χ0v) is 44.3. The number of ether oxygens (including phenoxy) is 9. The van der Waals surface area contributed by atoms with E-state index >= 15 is 0 Å². The zero-order valence-electron chi connectivity index (χ0n) is 44.3. The molecule has 2 aliphatic rings. The molecule has 4 aromatic rings. The van der Waals surface area contributed by atoms with Crippen molar-refractivity contribution in [2.75, 3.05) is 104 Å². The number of carbonyl (C=O) groups excluding carboxylic acids is 6. The van der Waals surface area contributed by atoms with Crippen molar-refractivity contribution in [3.05, 3.63) is 97.1 Å². The second kappa shape index (κ2) is 31.0. The minimum atomic E-state index is -2.01. The first-order chi connectivity index (χ1) is 38.3. The summed E-state index contributed by atoms with van der Waals surface area (Å²) >= 11 is 0. The van der Waals surface area contributed by atoms with E-state index in [2.05, 4.69) is 26.0 Å². The molecule has 0 saturated heterocycles. The number of carbonyl (C=O) groups is 6. The summed E-state index contributed by atoms with van der Waals surface area (Å²) in [7, 11) is 0. The van der Waals surface area contributed by atoms with Gasteiger partial charge in [-0.15, -0.1) is 0 Å². The molecule has 426 valence electrons. The van der Waals surface area contributed by atoms with Crippen LogP contribution < -0.4 is 27.2 Å². The summed E-state index contributed by atoms with van der Waals surface area (Å²) in [5.41, 5.74) is 15.5. The van der Waals surface area contributed by atoms with E-state index < -0.39 is 66.0 Å². The molecule has 0 unspecified atom stereocenters. The van der Waals surface area contributed by atoms with Gasteiger partial charge in [-0.1, -0.05) is 31.1 Å². The number of fused-ring (bicyclic) bond motifs is 5. The van der Waals surface area contributed by atoms with Gasteiger partial charge in [-0.25, -0.2) is 19.4 Å². The lowest BCUT2D eigenvalue weighted by Gasteiger charge is -2.35. The molecule has 2 aliphatic heterocycles. The topological polar surface area (TPSA) is 351 Å². The molecule has 2 aromatic carbocycles. The van der Waals surface area contributed by atoms with Crippen LogP contribution in [0.2, 0.25) is 0 Å². The monoisotopic (exact) mass is 1100 g/mol. The van der Waals surface area contributed by atoms with E-state index in [0.717, 1.165) is 16.5 Å². The summed E-state index contributed by atoms with van der Waals surface area (Å²) in [4.78, 5) is 98.7. The number of phenolic OH excluding ortho intramolecular Hbond substituents is 1. The number of amides is 4. The SMILES string of the molecule is CCc1c2c(nc3ccc(O)cc13)-c1cc3c(c(=O)n1C2)COC(=O)[C@@]3(CC)OC(=O)OCc1ccc(NC(=O)[C@H](CCCNC(N)=O)CC(=O)COCC(=O)NCCOCCOCCOCCOCCOCCN=[N+]=[N-])cc1. The van der Waals surface area contributed by atoms with Gasteiger partial charge < -0.3 is 74.0 Å². The number of primary amides is 1. The second-order valence-electron chi connectivity index (χ2n) is 18.1. The van der Waals surface area contributed by atoms with E-state index in [9.17, 15) is 38.7 Å². The molecular formula is C53H67N9O17. The molecule has 26 nitrogen and oxygen atoms in total. The average molecular weight is 1100 g/mol. The van der Waals surface area contributed by atoms with Crippen LogP contribution >= 0.6 is 0 Å². The maximum Gasteiger partial charge on any atom is 0.510 e. The number of aryl methyl sites for hydroxylation is 1. The van der Waals surface area contributed by atoms with Crippen LogP contribution in [0.25, 0.3) is 32.7 Å². The number of nitrogens with two attached hydrogens (primary N) is 1. The number of benzene rings is 2. The lowest BCUT2D eigenvalue weighted by Crippen LogP contribution is -2.47. The Morgan fingerprint density at radius 3 is 2.20 bits per heavy atom. The lowest BCUT2D eigenvalue weighted by molar-refractivity contribution is -0.175. The fraction of sp³-hybridized carbons (Fsp3) is 0.509. The Hall–Kier alpha value is -7.71. The Balaban J connectivity index is 0.914. The van der Waals surface area contributed by atoms with Crippen LogP contribution in [0.15, 0.2) is 58.4 Å². The van der Waals surface area contributed by atoms with Gasteiger partial charge in [0.25, 0.3) is 5.56 Å². The molecule has 0 bridgehead atoms. The quantitative estimate of drug-likeness (QED) is 0.0125. The summed E-state index contributed by atoms with van der Waals surface area (Å²) in [6.45, 7) is 6.51. The Morgan fingerprint density at radius 1 is 0.861 bits per heavy atom. The first kappa shape index (κ1) is 60.5. The summed E-state index contributed by atoms with van der Waals surface area (Å²) < 4.78 is 50.5. The van der Waals surface area contributed by atoms with Crippen LogP contribution in [0.5, 0.6) is 5.75 Å². The average Bonchev–Trinajstić information content (AvgIpc) is 3.90. The number of nitrogens with one attached hydrogen (secondary N) is 3. The third-order valence-corrected chi connectivity index (χ3v) is 12.8. The van der Waals surface area contributed by atoms with Crippen LogP contribution in [0.4, 0.5) is 15.3 Å². The number of aromatic nitrogens is 2. The van der Waals surface area contributed by atoms with E-state index in [1.807, 2.05) is 6.92 Å². The highest BCUT2D eigenvalue weighted by Gasteiger charge is 2.51. The smallest absolute Gasteiger partial charge is 0.508 e. The predicted octanol–water partition coefficient (Wildman–Crippen LogP) is 4.20. The van der Waals surface area contributed by atoms with Gasteiger partial charge in [0, 0.05) is 59.1 Å². The Bertz CT molecular complexity index is 2880. The fourth-order valence-electron chi connectivity index (χ4n) is 8.88. The van der Waals surface area contributed by atoms with Crippen LogP contribution in [0.1, 0.15) is 67.3 Å². The number of cyclic esters (lactones) is 1. The van der Waals surface area contributed by atoms with Crippen molar-refractivity contribution < 1.29 is 76.5 Å². The molecule has 0 spiro atoms. The molecule has 6 N–H and O–H groups in total. The number of esters is 1. The normalized spacial score (nSPS) is 14.5. The Kier molecular flexibility index (Phi) is 23.8. The first-order valence-corrected chi connectivity index (χ1v) is 25.9. The number of azide groups is 1. The van der Waals surface area contributed by atoms with Crippen LogP contribution in [-0.4, -0.2) is 149 Å². The predicted molar refractivity (Wildman–Crippen MR) is 282 cm³/mol. The minimum absolute atomic E-state index is 0.0859. The largest absolute Gasteiger partial charge is 0.510 e. The van der Waals surface area contributed by atoms with Crippen LogP contribution in [0, 0.1) is 5.92 Å². The van der Waals surface area contributed by atoms with Crippen molar-refractivity contribution in [1.82, 2.24) is 20.2 Å². The molecule has 0 saturated carbocycles. The van der Waals surface area contributed by atoms with Gasteiger partial charge in [-0.3, -0.25) is 19.2 Å². The van der Waals surface area contributed by atoms with Gasteiger partial charge in [0.05, 0.1) is 95.1 Å². The number of ketones is 1. The fourth-order valence-corrected chi connectivity index (χ4v) is 8.88. The van der Waals surface area contributed by atoms with Crippen molar-refractivity contribution in [3.63, 3.8) is 0 Å². The number of phenols is 1. The zero-order chi connectivity index (χ0) is 56.6. The number of urea groups is 1. The highest BCUT2D eigenvalue weighted by Crippen LogP contribution is 2.42. The molecule has 2 aromatic heterocycles. The molecule has 0 fully saturated rings. The molecule has 6 rings (SSSR count). The third-order valence-electron chi connectivity index (χ3n) is 12.8. The van der Waals surface area contributed by atoms with Gasteiger partial charge in [0.15, 0.2) is 5.78 Å². The van der Waals surface area contributed by atoms with E-state index in [1.54, 1.807) is 54.0 Å². The standard InChI is InChI=1S/C53H67N9O17/c1-3-39-40-27-37(63)11-12-44(40)60-47-41(39)29-62-45(47)28-43-42(49(62)67)32-77-50(68)53(43,4-2)79-52(70)78-30-34-7-9-36(10-8-34)59-48(66)35(6-5-13-57-51(54)69)26-38(64)31-76-33-46(65)56-14-16-71-18-20-73-22-24-75-25-23-74-21-19-72-17-15-58-61-55/h7-12,27-28,35,63H,3-6,13-26,29-33H2,1-2H3,(H,56,65)(H,59,66)(H3,54,57,69)/t35-,53+/m1/s1. The molecule has 4 heterocycles. The third kappa shape index (κ3) is 17.4. The Labute approximate surface area is 454 Å². The summed E-state index contributed by atoms with van der Waals surface area (Å²) in [5, 5.41) is 22.2. The number of rotatable bonds is 35. The van der Waals surface area contributed by atoms with E-state index in [1.165, 1.54) is 6.07 Å². The number of anilines is 1. The molecule has 0 aliphatic carbocycles.